The van der Waals surface area contributed by atoms with Crippen molar-refractivity contribution in [2.75, 3.05) is 6.54 Å². The fourth-order valence-corrected chi connectivity index (χ4v) is 1.96. The molecule has 1 rings (SSSR count). The molecule has 1 N–H and O–H groups in total. The summed E-state index contributed by atoms with van der Waals surface area (Å²) in [6.07, 6.45) is -2.69. The Balaban J connectivity index is 2.81. The molecule has 0 saturated heterocycles. The van der Waals surface area contributed by atoms with Gasteiger partial charge in [0.15, 0.2) is 0 Å². The van der Waals surface area contributed by atoms with Crippen molar-refractivity contribution < 1.29 is 13.2 Å². The molecule has 1 aromatic heterocycles. The van der Waals surface area contributed by atoms with Gasteiger partial charge in [0.2, 0.25) is 0 Å². The van der Waals surface area contributed by atoms with Gasteiger partial charge in [-0.25, -0.2) is 0 Å². The maximum atomic E-state index is 12.8. The molecule has 0 aliphatic carbocycles. The Morgan fingerprint density at radius 3 is 2.42 bits per heavy atom. The first kappa shape index (κ1) is 15.8. The van der Waals surface area contributed by atoms with E-state index in [1.165, 1.54) is 0 Å². The highest BCUT2D eigenvalue weighted by Gasteiger charge is 2.33. The Bertz CT molecular complexity index is 450. The Hall–Kier alpha value is -1.30. The van der Waals surface area contributed by atoms with Crippen LogP contribution in [0.5, 0.6) is 0 Å². The van der Waals surface area contributed by atoms with Crippen LogP contribution in [0, 0.1) is 0 Å². The van der Waals surface area contributed by atoms with Gasteiger partial charge in [-0.1, -0.05) is 19.9 Å². The van der Waals surface area contributed by atoms with Crippen LogP contribution in [-0.4, -0.2) is 17.2 Å². The van der Waals surface area contributed by atoms with Crippen LogP contribution in [-0.2, 0) is 12.7 Å². The molecule has 6 heteroatoms. The number of halogens is 3. The highest BCUT2D eigenvalue weighted by molar-refractivity contribution is 5.10. The van der Waals surface area contributed by atoms with Gasteiger partial charge in [0.05, 0.1) is 0 Å². The minimum atomic E-state index is -4.50. The van der Waals surface area contributed by atoms with E-state index in [-0.39, 0.29) is 12.6 Å². The van der Waals surface area contributed by atoms with Gasteiger partial charge in [0, 0.05) is 25.2 Å². The largest absolute Gasteiger partial charge is 0.431 e. The monoisotopic (exact) mass is 276 g/mol. The first-order valence-electron chi connectivity index (χ1n) is 6.40. The van der Waals surface area contributed by atoms with Crippen molar-refractivity contribution in [2.24, 2.45) is 0 Å². The number of hydrogen-bond donors (Lipinski definition) is 1. The number of nitrogens with one attached hydrogen (secondary N) is 1. The molecule has 1 aromatic rings. The molecular weight excluding hydrogens is 257 g/mol. The second-order valence-corrected chi connectivity index (χ2v) is 4.37. The summed E-state index contributed by atoms with van der Waals surface area (Å²) < 4.78 is 39.1. The van der Waals surface area contributed by atoms with Gasteiger partial charge < -0.3 is 9.88 Å². The first-order valence-corrected chi connectivity index (χ1v) is 6.40. The smallest absolute Gasteiger partial charge is 0.312 e. The van der Waals surface area contributed by atoms with Crippen molar-refractivity contribution in [2.45, 2.75) is 45.5 Å². The lowest BCUT2D eigenvalue weighted by Crippen LogP contribution is -2.35. The summed E-state index contributed by atoms with van der Waals surface area (Å²) in [7, 11) is 0. The molecule has 0 unspecified atom stereocenters. The highest BCUT2D eigenvalue weighted by Crippen LogP contribution is 2.27. The molecule has 19 heavy (non-hydrogen) atoms. The van der Waals surface area contributed by atoms with E-state index in [4.69, 9.17) is 0 Å². The number of alkyl halides is 3. The van der Waals surface area contributed by atoms with Gasteiger partial charge >= 0.3 is 6.18 Å². The predicted molar refractivity (Wildman–Crippen MR) is 68.1 cm³/mol. The molecule has 0 amide bonds. The third kappa shape index (κ3) is 4.38. The Labute approximate surface area is 110 Å². The molecule has 3 nitrogen and oxygen atoms in total. The molecule has 0 bridgehead atoms. The van der Waals surface area contributed by atoms with Crippen molar-refractivity contribution in [1.82, 2.24) is 9.88 Å². The van der Waals surface area contributed by atoms with Gasteiger partial charge in [-0.05, 0) is 18.9 Å². The van der Waals surface area contributed by atoms with E-state index in [2.05, 4.69) is 5.32 Å². The van der Waals surface area contributed by atoms with E-state index in [0.717, 1.165) is 35.6 Å². The number of aromatic nitrogens is 1. The number of nitrogens with zero attached hydrogens (tertiary/aromatic N) is 1. The number of rotatable bonds is 6. The number of pyridine rings is 1. The van der Waals surface area contributed by atoms with Gasteiger partial charge in [0.1, 0.15) is 5.69 Å². The van der Waals surface area contributed by atoms with E-state index < -0.39 is 17.4 Å². The molecule has 0 atom stereocenters. The lowest BCUT2D eigenvalue weighted by Gasteiger charge is -2.18. The zero-order chi connectivity index (χ0) is 14.5. The summed E-state index contributed by atoms with van der Waals surface area (Å²) in [5.41, 5.74) is -1.52. The molecule has 0 spiro atoms. The lowest BCUT2D eigenvalue weighted by molar-refractivity contribution is -0.144. The van der Waals surface area contributed by atoms with Gasteiger partial charge in [0.25, 0.3) is 5.56 Å². The minimum absolute atomic E-state index is 0.0189. The lowest BCUT2D eigenvalue weighted by atomic mass is 10.2. The van der Waals surface area contributed by atoms with Gasteiger partial charge in [-0.15, -0.1) is 0 Å². The first-order chi connectivity index (χ1) is 8.90. The average molecular weight is 276 g/mol. The Morgan fingerprint density at radius 1 is 1.26 bits per heavy atom. The van der Waals surface area contributed by atoms with Crippen LogP contribution in [0.2, 0.25) is 0 Å². The van der Waals surface area contributed by atoms with Crippen molar-refractivity contribution in [1.29, 1.82) is 0 Å². The third-order valence-electron chi connectivity index (χ3n) is 3.09. The quantitative estimate of drug-likeness (QED) is 0.866. The molecule has 1 heterocycles. The maximum Gasteiger partial charge on any atom is 0.431 e. The van der Waals surface area contributed by atoms with Gasteiger partial charge in [-0.3, -0.25) is 4.79 Å². The second-order valence-electron chi connectivity index (χ2n) is 4.37. The maximum absolute atomic E-state index is 12.8. The normalized spacial score (nSPS) is 12.1. The zero-order valence-electron chi connectivity index (χ0n) is 11.1. The van der Waals surface area contributed by atoms with Crippen LogP contribution in [0.1, 0.15) is 32.4 Å². The fraction of sp³-hybridized carbons (Fsp3) is 0.615. The zero-order valence-corrected chi connectivity index (χ0v) is 11.1. The van der Waals surface area contributed by atoms with E-state index in [0.29, 0.717) is 6.54 Å². The standard InChI is InChI=1S/C13H19F3N2O/c1-3-10(4-2)17-8-9-18-11(13(14,15)16)6-5-7-12(18)19/h5-7,10,17H,3-4,8-9H2,1-2H3. The van der Waals surface area contributed by atoms with E-state index >= 15 is 0 Å². The summed E-state index contributed by atoms with van der Waals surface area (Å²) in [5.74, 6) is 0. The van der Waals surface area contributed by atoms with Crippen LogP contribution in [0.4, 0.5) is 13.2 Å². The second kappa shape index (κ2) is 6.75. The minimum Gasteiger partial charge on any atom is -0.312 e. The van der Waals surface area contributed by atoms with E-state index in [9.17, 15) is 18.0 Å². The molecule has 0 fully saturated rings. The Kier molecular flexibility index (Phi) is 5.60. The Morgan fingerprint density at radius 2 is 1.89 bits per heavy atom. The average Bonchev–Trinajstić information content (AvgIpc) is 2.35. The molecule has 0 radical (unpaired) electrons. The SMILES string of the molecule is CCC(CC)NCCn1c(C(F)(F)F)cccc1=O. The topological polar surface area (TPSA) is 34.0 Å². The molecule has 0 aromatic carbocycles. The summed E-state index contributed by atoms with van der Waals surface area (Å²) in [4.78, 5) is 11.5. The van der Waals surface area contributed by atoms with E-state index in [1.54, 1.807) is 0 Å². The molecule has 0 saturated carbocycles. The summed E-state index contributed by atoms with van der Waals surface area (Å²) in [6, 6.07) is 3.48. The summed E-state index contributed by atoms with van der Waals surface area (Å²) in [6.45, 7) is 4.39. The van der Waals surface area contributed by atoms with E-state index in [1.807, 2.05) is 13.8 Å². The van der Waals surface area contributed by atoms with Crippen molar-refractivity contribution in [3.8, 4) is 0 Å². The van der Waals surface area contributed by atoms with Crippen molar-refractivity contribution in [3.05, 3.63) is 34.2 Å². The summed E-state index contributed by atoms with van der Waals surface area (Å²) >= 11 is 0. The van der Waals surface area contributed by atoms with Crippen LogP contribution >= 0.6 is 0 Å². The van der Waals surface area contributed by atoms with Crippen LogP contribution < -0.4 is 10.9 Å². The van der Waals surface area contributed by atoms with Gasteiger partial charge in [-0.2, -0.15) is 13.2 Å². The van der Waals surface area contributed by atoms with Crippen LogP contribution in [0.3, 0.4) is 0 Å². The number of hydrogen-bond acceptors (Lipinski definition) is 2. The van der Waals surface area contributed by atoms with Crippen LogP contribution in [0.15, 0.2) is 23.0 Å². The van der Waals surface area contributed by atoms with Crippen LogP contribution in [0.25, 0.3) is 0 Å². The highest BCUT2D eigenvalue weighted by atomic mass is 19.4. The molecule has 108 valence electrons. The van der Waals surface area contributed by atoms with Crippen molar-refractivity contribution in [3.63, 3.8) is 0 Å². The third-order valence-corrected chi connectivity index (χ3v) is 3.09. The molecule has 0 aliphatic heterocycles. The molecular formula is C13H19F3N2O. The molecule has 0 aliphatic rings. The van der Waals surface area contributed by atoms with Crippen molar-refractivity contribution >= 4 is 0 Å². The fourth-order valence-electron chi connectivity index (χ4n) is 1.96. The summed E-state index contributed by atoms with van der Waals surface area (Å²) in [5, 5.41) is 3.15. The predicted octanol–water partition coefficient (Wildman–Crippen LogP) is 2.65.